The van der Waals surface area contributed by atoms with E-state index in [1.165, 1.54) is 11.3 Å². The molecule has 3 nitrogen and oxygen atoms in total. The normalized spacial score (nSPS) is 11.9. The van der Waals surface area contributed by atoms with Crippen molar-refractivity contribution < 1.29 is 0 Å². The van der Waals surface area contributed by atoms with E-state index in [0.29, 0.717) is 12.5 Å². The summed E-state index contributed by atoms with van der Waals surface area (Å²) in [7, 11) is 0. The van der Waals surface area contributed by atoms with Crippen LogP contribution in [-0.2, 0) is 0 Å². The highest BCUT2D eigenvalue weighted by Crippen LogP contribution is 2.28. The molecule has 1 aromatic carbocycles. The summed E-state index contributed by atoms with van der Waals surface area (Å²) in [6.45, 7) is 9.33. The van der Waals surface area contributed by atoms with E-state index in [1.54, 1.807) is 0 Å². The number of nitrogens with zero attached hydrogens (tertiary/aromatic N) is 2. The number of hydrogen-bond acceptors (Lipinski definition) is 3. The van der Waals surface area contributed by atoms with Gasteiger partial charge < -0.3 is 10.2 Å². The Morgan fingerprint density at radius 3 is 2.60 bits per heavy atom. The highest BCUT2D eigenvalue weighted by Gasteiger charge is 2.15. The van der Waals surface area contributed by atoms with Gasteiger partial charge >= 0.3 is 0 Å². The van der Waals surface area contributed by atoms with Crippen molar-refractivity contribution in [3.63, 3.8) is 0 Å². The first-order valence-corrected chi connectivity index (χ1v) is 7.72. The van der Waals surface area contributed by atoms with Crippen molar-refractivity contribution in [1.82, 2.24) is 5.32 Å². The molecule has 0 bridgehead atoms. The van der Waals surface area contributed by atoms with Crippen LogP contribution in [0.1, 0.15) is 51.6 Å². The summed E-state index contributed by atoms with van der Waals surface area (Å²) in [6, 6.07) is 11.2. The zero-order valence-electron chi connectivity index (χ0n) is 13.0. The minimum absolute atomic E-state index is 0.391. The van der Waals surface area contributed by atoms with Gasteiger partial charge in [-0.15, -0.1) is 0 Å². The second-order valence-corrected chi connectivity index (χ2v) is 4.96. The maximum absolute atomic E-state index is 8.81. The highest BCUT2D eigenvalue weighted by molar-refractivity contribution is 5.55. The first-order chi connectivity index (χ1) is 9.78. The van der Waals surface area contributed by atoms with Crippen LogP contribution in [0.3, 0.4) is 0 Å². The van der Waals surface area contributed by atoms with Crippen molar-refractivity contribution in [2.45, 2.75) is 46.1 Å². The van der Waals surface area contributed by atoms with Crippen molar-refractivity contribution >= 4 is 5.69 Å². The molecule has 110 valence electrons. The number of nitriles is 1. The molecule has 0 saturated carbocycles. The van der Waals surface area contributed by atoms with Crippen molar-refractivity contribution in [2.75, 3.05) is 24.5 Å². The smallest absolute Gasteiger partial charge is 0.0640 e. The third-order valence-electron chi connectivity index (χ3n) is 3.58. The summed E-state index contributed by atoms with van der Waals surface area (Å²) in [5, 5.41) is 12.4. The first kappa shape index (κ1) is 16.5. The van der Waals surface area contributed by atoms with Gasteiger partial charge in [-0.2, -0.15) is 5.26 Å². The molecule has 0 aliphatic carbocycles. The van der Waals surface area contributed by atoms with Crippen molar-refractivity contribution in [2.24, 2.45) is 0 Å². The molecular formula is C17H27N3. The van der Waals surface area contributed by atoms with Gasteiger partial charge in [-0.1, -0.05) is 32.0 Å². The number of rotatable bonds is 9. The van der Waals surface area contributed by atoms with Crippen LogP contribution in [0, 0.1) is 11.3 Å². The first-order valence-electron chi connectivity index (χ1n) is 7.72. The van der Waals surface area contributed by atoms with Gasteiger partial charge in [0.25, 0.3) is 0 Å². The molecule has 0 saturated heterocycles. The largest absolute Gasteiger partial charge is 0.371 e. The fraction of sp³-hybridized carbons (Fsp3) is 0.588. The van der Waals surface area contributed by atoms with E-state index in [-0.39, 0.29) is 0 Å². The maximum atomic E-state index is 8.81. The monoisotopic (exact) mass is 273 g/mol. The number of benzene rings is 1. The van der Waals surface area contributed by atoms with Gasteiger partial charge in [-0.25, -0.2) is 0 Å². The van der Waals surface area contributed by atoms with Gasteiger partial charge in [0.15, 0.2) is 0 Å². The molecule has 0 aromatic heterocycles. The summed E-state index contributed by atoms with van der Waals surface area (Å²) in [4.78, 5) is 2.30. The van der Waals surface area contributed by atoms with E-state index in [9.17, 15) is 0 Å². The molecule has 0 radical (unpaired) electrons. The molecule has 0 heterocycles. The van der Waals surface area contributed by atoms with Crippen molar-refractivity contribution in [1.29, 1.82) is 5.26 Å². The van der Waals surface area contributed by atoms with Gasteiger partial charge in [0.2, 0.25) is 0 Å². The summed E-state index contributed by atoms with van der Waals surface area (Å²) < 4.78 is 0. The zero-order chi connectivity index (χ0) is 14.8. The van der Waals surface area contributed by atoms with Crippen LogP contribution in [0.25, 0.3) is 0 Å². The summed E-state index contributed by atoms with van der Waals surface area (Å²) in [5.41, 5.74) is 2.61. The van der Waals surface area contributed by atoms with Gasteiger partial charge in [-0.3, -0.25) is 0 Å². The van der Waals surface area contributed by atoms with Crippen LogP contribution >= 0.6 is 0 Å². The molecular weight excluding hydrogens is 246 g/mol. The molecule has 1 unspecified atom stereocenters. The van der Waals surface area contributed by atoms with E-state index in [2.05, 4.69) is 61.3 Å². The highest BCUT2D eigenvalue weighted by atomic mass is 15.1. The Morgan fingerprint density at radius 1 is 1.25 bits per heavy atom. The Balaban J connectivity index is 2.98. The molecule has 0 aliphatic heterocycles. The minimum atomic E-state index is 0.391. The summed E-state index contributed by atoms with van der Waals surface area (Å²) >= 11 is 0. The third kappa shape index (κ3) is 4.54. The number of para-hydroxylation sites is 1. The van der Waals surface area contributed by atoms with Crippen LogP contribution in [0.15, 0.2) is 24.3 Å². The van der Waals surface area contributed by atoms with Gasteiger partial charge in [0.05, 0.1) is 12.5 Å². The van der Waals surface area contributed by atoms with Crippen LogP contribution in [0.4, 0.5) is 5.69 Å². The Bertz CT molecular complexity index is 422. The molecule has 1 aromatic rings. The second-order valence-electron chi connectivity index (χ2n) is 4.96. The predicted molar refractivity (Wildman–Crippen MR) is 85.9 cm³/mol. The summed E-state index contributed by atoms with van der Waals surface area (Å²) in [6.07, 6.45) is 2.79. The Kier molecular flexibility index (Phi) is 7.75. The topological polar surface area (TPSA) is 39.1 Å². The molecule has 3 heteroatoms. The average Bonchev–Trinajstić information content (AvgIpc) is 2.50. The Hall–Kier alpha value is -1.53. The summed E-state index contributed by atoms with van der Waals surface area (Å²) in [5.74, 6) is 0. The third-order valence-corrected chi connectivity index (χ3v) is 3.58. The van der Waals surface area contributed by atoms with E-state index in [4.69, 9.17) is 5.26 Å². The number of anilines is 1. The molecule has 20 heavy (non-hydrogen) atoms. The fourth-order valence-electron chi connectivity index (χ4n) is 2.50. The quantitative estimate of drug-likeness (QED) is 0.742. The predicted octanol–water partition coefficient (Wildman–Crippen LogP) is 3.88. The lowest BCUT2D eigenvalue weighted by Crippen LogP contribution is -2.28. The number of hydrogen-bond donors (Lipinski definition) is 1. The molecule has 0 fully saturated rings. The molecule has 1 N–H and O–H groups in total. The van der Waals surface area contributed by atoms with Crippen LogP contribution < -0.4 is 10.2 Å². The van der Waals surface area contributed by atoms with Gasteiger partial charge in [0.1, 0.15) is 0 Å². The molecule has 0 aliphatic rings. The molecule has 0 amide bonds. The average molecular weight is 273 g/mol. The minimum Gasteiger partial charge on any atom is -0.371 e. The van der Waals surface area contributed by atoms with E-state index < -0.39 is 0 Å². The fourth-order valence-corrected chi connectivity index (χ4v) is 2.50. The standard InChI is InChI=1S/C17H27N3/c1-4-13-19-16(5-2)15-10-7-8-11-17(15)20(6-3)14-9-12-18/h7-8,10-11,16,19H,4-6,9,13-14H2,1-3H3. The van der Waals surface area contributed by atoms with E-state index in [0.717, 1.165) is 32.5 Å². The SMILES string of the molecule is CCCNC(CC)c1ccccc1N(CC)CCC#N. The van der Waals surface area contributed by atoms with E-state index in [1.807, 2.05) is 0 Å². The zero-order valence-corrected chi connectivity index (χ0v) is 13.0. The van der Waals surface area contributed by atoms with Gasteiger partial charge in [-0.05, 0) is 37.9 Å². The lowest BCUT2D eigenvalue weighted by atomic mass is 10.0. The molecule has 1 atom stereocenters. The Labute approximate surface area is 123 Å². The Morgan fingerprint density at radius 2 is 2.00 bits per heavy atom. The van der Waals surface area contributed by atoms with Gasteiger partial charge in [0, 0.05) is 24.8 Å². The lowest BCUT2D eigenvalue weighted by molar-refractivity contribution is 0.517. The van der Waals surface area contributed by atoms with Crippen LogP contribution in [0.5, 0.6) is 0 Å². The van der Waals surface area contributed by atoms with Crippen LogP contribution in [-0.4, -0.2) is 19.6 Å². The lowest BCUT2D eigenvalue weighted by Gasteiger charge is -2.28. The van der Waals surface area contributed by atoms with E-state index >= 15 is 0 Å². The second kappa shape index (κ2) is 9.39. The van der Waals surface area contributed by atoms with Crippen LogP contribution in [0.2, 0.25) is 0 Å². The molecule has 0 spiro atoms. The van der Waals surface area contributed by atoms with Crippen molar-refractivity contribution in [3.8, 4) is 6.07 Å². The van der Waals surface area contributed by atoms with Crippen molar-refractivity contribution in [3.05, 3.63) is 29.8 Å². The maximum Gasteiger partial charge on any atom is 0.0640 e. The number of nitrogens with one attached hydrogen (secondary N) is 1. The molecule has 1 rings (SSSR count).